The predicted molar refractivity (Wildman–Crippen MR) is 71.6 cm³/mol. The molecule has 3 nitrogen and oxygen atoms in total. The summed E-state index contributed by atoms with van der Waals surface area (Å²) in [5.41, 5.74) is 1.22. The van der Waals surface area contributed by atoms with Crippen LogP contribution < -0.4 is 5.32 Å². The molecule has 0 unspecified atom stereocenters. The van der Waals surface area contributed by atoms with E-state index in [0.717, 1.165) is 26.2 Å². The van der Waals surface area contributed by atoms with Crippen molar-refractivity contribution in [3.8, 4) is 0 Å². The first-order valence-electron chi connectivity index (χ1n) is 5.61. The van der Waals surface area contributed by atoms with E-state index in [1.165, 1.54) is 28.5 Å². The Labute approximate surface area is 108 Å². The van der Waals surface area contributed by atoms with Gasteiger partial charge in [-0.1, -0.05) is 0 Å². The molecule has 0 spiro atoms. The van der Waals surface area contributed by atoms with Gasteiger partial charge in [0.25, 0.3) is 0 Å². The van der Waals surface area contributed by atoms with Gasteiger partial charge in [-0.25, -0.2) is 4.98 Å². The van der Waals surface area contributed by atoms with E-state index >= 15 is 0 Å². The highest BCUT2D eigenvalue weighted by molar-refractivity contribution is 7.11. The Morgan fingerprint density at radius 2 is 2.12 bits per heavy atom. The van der Waals surface area contributed by atoms with E-state index in [9.17, 15) is 0 Å². The van der Waals surface area contributed by atoms with Gasteiger partial charge in [0.2, 0.25) is 0 Å². The van der Waals surface area contributed by atoms with Gasteiger partial charge >= 0.3 is 0 Å². The molecule has 1 aliphatic rings. The summed E-state index contributed by atoms with van der Waals surface area (Å²) in [5.74, 6) is 0. The van der Waals surface area contributed by atoms with Gasteiger partial charge in [0.1, 0.15) is 0 Å². The number of halogens is 1. The second kappa shape index (κ2) is 6.55. The second-order valence-corrected chi connectivity index (χ2v) is 5.41. The normalized spacial score (nSPS) is 17.9. The minimum atomic E-state index is 0. The zero-order valence-electron chi connectivity index (χ0n) is 9.95. The van der Waals surface area contributed by atoms with Gasteiger partial charge in [0.05, 0.1) is 10.7 Å². The van der Waals surface area contributed by atoms with E-state index < -0.39 is 0 Å². The molecule has 5 heteroatoms. The van der Waals surface area contributed by atoms with Crippen molar-refractivity contribution >= 4 is 23.7 Å². The van der Waals surface area contributed by atoms with Gasteiger partial charge < -0.3 is 5.32 Å². The summed E-state index contributed by atoms with van der Waals surface area (Å²) in [6.45, 7) is 9.95. The topological polar surface area (TPSA) is 28.2 Å². The minimum absolute atomic E-state index is 0. The number of hydrogen-bond acceptors (Lipinski definition) is 4. The van der Waals surface area contributed by atoms with Crippen LogP contribution in [0.25, 0.3) is 0 Å². The number of aromatic nitrogens is 1. The molecule has 1 N–H and O–H groups in total. The highest BCUT2D eigenvalue weighted by atomic mass is 35.5. The highest BCUT2D eigenvalue weighted by Crippen LogP contribution is 2.19. The SMILES string of the molecule is Cc1nc(C)c(CN2CCCNCC2)s1.Cl. The van der Waals surface area contributed by atoms with Crippen LogP contribution in [0.15, 0.2) is 0 Å². The number of thiazole rings is 1. The third kappa shape index (κ3) is 3.70. The van der Waals surface area contributed by atoms with E-state index in [2.05, 4.69) is 29.0 Å². The average Bonchev–Trinajstić information content (AvgIpc) is 2.44. The maximum absolute atomic E-state index is 4.48. The quantitative estimate of drug-likeness (QED) is 0.883. The van der Waals surface area contributed by atoms with Crippen molar-refractivity contribution in [3.63, 3.8) is 0 Å². The molecule has 0 aliphatic carbocycles. The third-order valence-corrected chi connectivity index (χ3v) is 3.86. The Morgan fingerprint density at radius 3 is 2.81 bits per heavy atom. The van der Waals surface area contributed by atoms with Crippen molar-refractivity contribution in [1.29, 1.82) is 0 Å². The maximum atomic E-state index is 4.48. The fraction of sp³-hybridized carbons (Fsp3) is 0.727. The lowest BCUT2D eigenvalue weighted by atomic mass is 10.3. The van der Waals surface area contributed by atoms with E-state index in [0.29, 0.717) is 0 Å². The van der Waals surface area contributed by atoms with Crippen molar-refractivity contribution in [3.05, 3.63) is 15.6 Å². The molecule has 1 aromatic heterocycles. The van der Waals surface area contributed by atoms with E-state index in [4.69, 9.17) is 0 Å². The Balaban J connectivity index is 0.00000128. The molecule has 0 bridgehead atoms. The molecule has 0 amide bonds. The van der Waals surface area contributed by atoms with Crippen molar-refractivity contribution < 1.29 is 0 Å². The van der Waals surface area contributed by atoms with Gasteiger partial charge in [0.15, 0.2) is 0 Å². The maximum Gasteiger partial charge on any atom is 0.0900 e. The zero-order valence-corrected chi connectivity index (χ0v) is 11.6. The van der Waals surface area contributed by atoms with Gasteiger partial charge in [0, 0.05) is 24.5 Å². The first kappa shape index (κ1) is 13.9. The van der Waals surface area contributed by atoms with Crippen molar-refractivity contribution in [2.45, 2.75) is 26.8 Å². The van der Waals surface area contributed by atoms with Crippen LogP contribution in [0.2, 0.25) is 0 Å². The lowest BCUT2D eigenvalue weighted by Gasteiger charge is -2.18. The van der Waals surface area contributed by atoms with Gasteiger partial charge in [-0.15, -0.1) is 23.7 Å². The molecule has 16 heavy (non-hydrogen) atoms. The molecule has 2 heterocycles. The number of rotatable bonds is 2. The highest BCUT2D eigenvalue weighted by Gasteiger charge is 2.12. The molecule has 1 aliphatic heterocycles. The third-order valence-electron chi connectivity index (χ3n) is 2.80. The summed E-state index contributed by atoms with van der Waals surface area (Å²) in [7, 11) is 0. The summed E-state index contributed by atoms with van der Waals surface area (Å²) < 4.78 is 0. The Morgan fingerprint density at radius 1 is 1.31 bits per heavy atom. The molecule has 0 radical (unpaired) electrons. The summed E-state index contributed by atoms with van der Waals surface area (Å²) in [4.78, 5) is 8.44. The lowest BCUT2D eigenvalue weighted by molar-refractivity contribution is 0.286. The van der Waals surface area contributed by atoms with Crippen LogP contribution in [-0.2, 0) is 6.54 Å². The summed E-state index contributed by atoms with van der Waals surface area (Å²) in [5, 5.41) is 4.62. The summed E-state index contributed by atoms with van der Waals surface area (Å²) in [6.07, 6.45) is 1.26. The number of nitrogens with zero attached hydrogens (tertiary/aromatic N) is 2. The fourth-order valence-corrected chi connectivity index (χ4v) is 2.96. The van der Waals surface area contributed by atoms with Gasteiger partial charge in [-0.05, 0) is 33.4 Å². The Hall–Kier alpha value is -0.160. The van der Waals surface area contributed by atoms with Crippen LogP contribution in [0.5, 0.6) is 0 Å². The standard InChI is InChI=1S/C11H19N3S.ClH/c1-9-11(15-10(2)13-9)8-14-6-3-4-12-5-7-14;/h12H,3-8H2,1-2H3;1H. The van der Waals surface area contributed by atoms with Gasteiger partial charge in [-0.3, -0.25) is 4.90 Å². The monoisotopic (exact) mass is 261 g/mol. The smallest absolute Gasteiger partial charge is 0.0900 e. The van der Waals surface area contributed by atoms with E-state index in [1.54, 1.807) is 0 Å². The molecule has 0 aromatic carbocycles. The second-order valence-electron chi connectivity index (χ2n) is 4.12. The summed E-state index contributed by atoms with van der Waals surface area (Å²) in [6, 6.07) is 0. The first-order chi connectivity index (χ1) is 7.25. The van der Waals surface area contributed by atoms with Crippen LogP contribution in [0, 0.1) is 13.8 Å². The van der Waals surface area contributed by atoms with Crippen LogP contribution in [0.3, 0.4) is 0 Å². The van der Waals surface area contributed by atoms with Crippen LogP contribution >= 0.6 is 23.7 Å². The number of hydrogen-bond donors (Lipinski definition) is 1. The lowest BCUT2D eigenvalue weighted by Crippen LogP contribution is -2.27. The molecular formula is C11H20ClN3S. The molecule has 1 fully saturated rings. The van der Waals surface area contributed by atoms with Crippen molar-refractivity contribution in [2.75, 3.05) is 26.2 Å². The molecular weight excluding hydrogens is 242 g/mol. The van der Waals surface area contributed by atoms with Crippen molar-refractivity contribution in [2.24, 2.45) is 0 Å². The molecule has 1 saturated heterocycles. The number of aryl methyl sites for hydroxylation is 2. The van der Waals surface area contributed by atoms with Crippen LogP contribution in [-0.4, -0.2) is 36.1 Å². The van der Waals surface area contributed by atoms with Crippen molar-refractivity contribution in [1.82, 2.24) is 15.2 Å². The molecule has 0 atom stereocenters. The minimum Gasteiger partial charge on any atom is -0.315 e. The molecule has 2 rings (SSSR count). The largest absolute Gasteiger partial charge is 0.315 e. The Kier molecular flexibility index (Phi) is 5.69. The summed E-state index contributed by atoms with van der Waals surface area (Å²) >= 11 is 1.84. The zero-order chi connectivity index (χ0) is 10.7. The number of nitrogens with one attached hydrogen (secondary N) is 1. The van der Waals surface area contributed by atoms with Crippen LogP contribution in [0.4, 0.5) is 0 Å². The molecule has 1 aromatic rings. The average molecular weight is 262 g/mol. The molecule has 0 saturated carbocycles. The van der Waals surface area contributed by atoms with Gasteiger partial charge in [-0.2, -0.15) is 0 Å². The molecule has 92 valence electrons. The van der Waals surface area contributed by atoms with Crippen LogP contribution in [0.1, 0.15) is 22.0 Å². The Bertz CT molecular complexity index is 319. The van der Waals surface area contributed by atoms with E-state index in [1.807, 2.05) is 11.3 Å². The first-order valence-corrected chi connectivity index (χ1v) is 6.43. The fourth-order valence-electron chi connectivity index (χ4n) is 1.98. The predicted octanol–water partition coefficient (Wildman–Crippen LogP) is 1.98. The van der Waals surface area contributed by atoms with E-state index in [-0.39, 0.29) is 12.4 Å².